The van der Waals surface area contributed by atoms with Gasteiger partial charge >= 0.3 is 0 Å². The average Bonchev–Trinajstić information content (AvgIpc) is 2.45. The van der Waals surface area contributed by atoms with Gasteiger partial charge in [0.05, 0.1) is 6.20 Å². The van der Waals surface area contributed by atoms with Crippen LogP contribution in [0.2, 0.25) is 5.02 Å². The van der Waals surface area contributed by atoms with Crippen molar-refractivity contribution in [2.75, 3.05) is 0 Å². The summed E-state index contributed by atoms with van der Waals surface area (Å²) in [6.45, 7) is 0. The molecule has 3 nitrogen and oxygen atoms in total. The molecule has 0 bridgehead atoms. The molecular formula is C11H11ClN2O. The Labute approximate surface area is 93.0 Å². The molecule has 0 aliphatic carbocycles. The number of hydrogen-bond acceptors (Lipinski definition) is 2. The zero-order valence-corrected chi connectivity index (χ0v) is 9.07. The van der Waals surface area contributed by atoms with E-state index in [1.165, 1.54) is 0 Å². The first kappa shape index (κ1) is 10.1. The molecule has 1 aromatic heterocycles. The van der Waals surface area contributed by atoms with Crippen LogP contribution in [-0.4, -0.2) is 14.7 Å². The van der Waals surface area contributed by atoms with Crippen LogP contribution in [0.5, 0.6) is 5.88 Å². The quantitative estimate of drug-likeness (QED) is 0.847. The van der Waals surface area contributed by atoms with Gasteiger partial charge in [0.2, 0.25) is 5.88 Å². The molecule has 2 rings (SSSR count). The van der Waals surface area contributed by atoms with Crippen LogP contribution in [0.1, 0.15) is 11.4 Å². The zero-order chi connectivity index (χ0) is 10.8. The van der Waals surface area contributed by atoms with Gasteiger partial charge in [0, 0.05) is 18.5 Å². The van der Waals surface area contributed by atoms with Crippen LogP contribution in [0.25, 0.3) is 0 Å². The summed E-state index contributed by atoms with van der Waals surface area (Å²) in [5, 5.41) is 9.92. The van der Waals surface area contributed by atoms with E-state index in [9.17, 15) is 5.11 Å². The lowest BCUT2D eigenvalue weighted by Gasteiger charge is -2.01. The molecule has 1 N–H and O–H groups in total. The summed E-state index contributed by atoms with van der Waals surface area (Å²) < 4.78 is 1.80. The van der Waals surface area contributed by atoms with Crippen molar-refractivity contribution in [2.45, 2.75) is 6.42 Å². The summed E-state index contributed by atoms with van der Waals surface area (Å²) in [6, 6.07) is 7.62. The van der Waals surface area contributed by atoms with Gasteiger partial charge in [-0.1, -0.05) is 23.7 Å². The maximum absolute atomic E-state index is 9.21. The molecule has 0 saturated carbocycles. The summed E-state index contributed by atoms with van der Waals surface area (Å²) in [5.41, 5.74) is 1.08. The summed E-state index contributed by atoms with van der Waals surface area (Å²) in [6.07, 6.45) is 2.25. The Bertz CT molecular complexity index is 479. The second-order valence-electron chi connectivity index (χ2n) is 3.43. The lowest BCUT2D eigenvalue weighted by molar-refractivity contribution is 0.455. The van der Waals surface area contributed by atoms with E-state index in [2.05, 4.69) is 4.98 Å². The number of aryl methyl sites for hydroxylation is 1. The molecule has 15 heavy (non-hydrogen) atoms. The fourth-order valence-corrected chi connectivity index (χ4v) is 1.69. The smallest absolute Gasteiger partial charge is 0.229 e. The van der Waals surface area contributed by atoms with E-state index >= 15 is 0 Å². The van der Waals surface area contributed by atoms with E-state index in [1.807, 2.05) is 31.3 Å². The van der Waals surface area contributed by atoms with Crippen LogP contribution in [0.3, 0.4) is 0 Å². The minimum absolute atomic E-state index is 0.0505. The minimum atomic E-state index is 0.0505. The Hall–Kier alpha value is -1.48. The maximum Gasteiger partial charge on any atom is 0.229 e. The molecule has 0 radical (unpaired) electrons. The molecule has 1 heterocycles. The van der Waals surface area contributed by atoms with Crippen molar-refractivity contribution in [3.8, 4) is 5.88 Å². The highest BCUT2D eigenvalue weighted by atomic mass is 35.5. The zero-order valence-electron chi connectivity index (χ0n) is 8.31. The highest BCUT2D eigenvalue weighted by Gasteiger charge is 2.05. The molecule has 0 aliphatic rings. The Balaban J connectivity index is 2.25. The number of hydrogen-bond donors (Lipinski definition) is 1. The van der Waals surface area contributed by atoms with Gasteiger partial charge in [0.1, 0.15) is 5.82 Å². The number of rotatable bonds is 2. The van der Waals surface area contributed by atoms with Crippen LogP contribution in [0.15, 0.2) is 30.5 Å². The Kier molecular flexibility index (Phi) is 2.64. The predicted octanol–water partition coefficient (Wildman–Crippen LogP) is 2.37. The number of halogens is 1. The number of imidazole rings is 1. The van der Waals surface area contributed by atoms with E-state index in [0.717, 1.165) is 11.4 Å². The summed E-state index contributed by atoms with van der Waals surface area (Å²) >= 11 is 5.88. The number of nitrogens with zero attached hydrogens (tertiary/aromatic N) is 2. The number of aromatic hydroxyl groups is 1. The van der Waals surface area contributed by atoms with Crippen LogP contribution >= 0.6 is 11.6 Å². The molecule has 0 fully saturated rings. The molecule has 0 spiro atoms. The molecule has 2 aromatic rings. The highest BCUT2D eigenvalue weighted by molar-refractivity contribution is 6.30. The summed E-state index contributed by atoms with van der Waals surface area (Å²) in [4.78, 5) is 4.01. The van der Waals surface area contributed by atoms with Gasteiger partial charge in [-0.05, 0) is 17.7 Å². The molecule has 1 aromatic carbocycles. The van der Waals surface area contributed by atoms with Crippen LogP contribution in [0.4, 0.5) is 0 Å². The van der Waals surface area contributed by atoms with Crippen molar-refractivity contribution >= 4 is 11.6 Å². The molecule has 0 aliphatic heterocycles. The third-order valence-electron chi connectivity index (χ3n) is 2.21. The van der Waals surface area contributed by atoms with Crippen molar-refractivity contribution in [3.63, 3.8) is 0 Å². The lowest BCUT2D eigenvalue weighted by Crippen LogP contribution is -1.98. The highest BCUT2D eigenvalue weighted by Crippen LogP contribution is 2.15. The average molecular weight is 223 g/mol. The first-order valence-electron chi connectivity index (χ1n) is 4.61. The normalized spacial score (nSPS) is 10.5. The lowest BCUT2D eigenvalue weighted by atomic mass is 10.1. The van der Waals surface area contributed by atoms with E-state index in [-0.39, 0.29) is 5.88 Å². The molecule has 4 heteroatoms. The van der Waals surface area contributed by atoms with Gasteiger partial charge in [-0.3, -0.25) is 0 Å². The SMILES string of the molecule is Cn1cc(O)nc1Cc1cccc(Cl)c1. The molecule has 0 unspecified atom stereocenters. The van der Waals surface area contributed by atoms with E-state index in [4.69, 9.17) is 11.6 Å². The third-order valence-corrected chi connectivity index (χ3v) is 2.45. The second kappa shape index (κ2) is 3.95. The second-order valence-corrected chi connectivity index (χ2v) is 3.87. The predicted molar refractivity (Wildman–Crippen MR) is 59.1 cm³/mol. The van der Waals surface area contributed by atoms with Gasteiger partial charge in [0.25, 0.3) is 0 Å². The van der Waals surface area contributed by atoms with E-state index in [0.29, 0.717) is 11.4 Å². The minimum Gasteiger partial charge on any atom is -0.492 e. The van der Waals surface area contributed by atoms with Crippen LogP contribution in [-0.2, 0) is 13.5 Å². The molecule has 0 amide bonds. The molecular weight excluding hydrogens is 212 g/mol. The molecule has 0 saturated heterocycles. The van der Waals surface area contributed by atoms with Crippen LogP contribution in [0, 0.1) is 0 Å². The monoisotopic (exact) mass is 222 g/mol. The van der Waals surface area contributed by atoms with Gasteiger partial charge in [-0.15, -0.1) is 0 Å². The van der Waals surface area contributed by atoms with Crippen LogP contribution < -0.4 is 0 Å². The molecule has 0 atom stereocenters. The van der Waals surface area contributed by atoms with Gasteiger partial charge in [-0.2, -0.15) is 4.98 Å². The van der Waals surface area contributed by atoms with Crippen molar-refractivity contribution in [2.24, 2.45) is 7.05 Å². The first-order valence-corrected chi connectivity index (χ1v) is 4.98. The third kappa shape index (κ3) is 2.30. The Morgan fingerprint density at radius 3 is 2.87 bits per heavy atom. The fraction of sp³-hybridized carbons (Fsp3) is 0.182. The largest absolute Gasteiger partial charge is 0.492 e. The van der Waals surface area contributed by atoms with E-state index < -0.39 is 0 Å². The Morgan fingerprint density at radius 2 is 2.27 bits per heavy atom. The fourth-order valence-electron chi connectivity index (χ4n) is 1.48. The van der Waals surface area contributed by atoms with Gasteiger partial charge in [0.15, 0.2) is 0 Å². The Morgan fingerprint density at radius 1 is 1.47 bits per heavy atom. The van der Waals surface area contributed by atoms with Crippen molar-refractivity contribution in [1.29, 1.82) is 0 Å². The molecule has 78 valence electrons. The van der Waals surface area contributed by atoms with E-state index in [1.54, 1.807) is 10.8 Å². The maximum atomic E-state index is 9.21. The topological polar surface area (TPSA) is 38.0 Å². The standard InChI is InChI=1S/C11H11ClN2O/c1-14-7-11(15)13-10(14)6-8-3-2-4-9(12)5-8/h2-5,7,15H,6H2,1H3. The summed E-state index contributed by atoms with van der Waals surface area (Å²) in [7, 11) is 1.85. The van der Waals surface area contributed by atoms with Crippen molar-refractivity contribution in [1.82, 2.24) is 9.55 Å². The number of benzene rings is 1. The first-order chi connectivity index (χ1) is 7.15. The van der Waals surface area contributed by atoms with Gasteiger partial charge < -0.3 is 9.67 Å². The summed E-state index contributed by atoms with van der Waals surface area (Å²) in [5.74, 6) is 0.865. The van der Waals surface area contributed by atoms with Gasteiger partial charge in [-0.25, -0.2) is 0 Å². The van der Waals surface area contributed by atoms with Crippen molar-refractivity contribution < 1.29 is 5.11 Å². The van der Waals surface area contributed by atoms with Crippen molar-refractivity contribution in [3.05, 3.63) is 46.9 Å². The number of aromatic nitrogens is 2.